The molecule has 0 aliphatic carbocycles. The highest BCUT2D eigenvalue weighted by Crippen LogP contribution is 2.20. The normalized spacial score (nSPS) is 10.9. The first kappa shape index (κ1) is 9.83. The number of fused-ring (bicyclic) bond motifs is 1. The zero-order valence-corrected chi connectivity index (χ0v) is 8.08. The Morgan fingerprint density at radius 1 is 1.20 bits per heavy atom. The molecular weight excluding hydrogens is 200 g/mol. The highest BCUT2D eigenvalue weighted by atomic mass is 19.3. The van der Waals surface area contributed by atoms with Crippen molar-refractivity contribution < 1.29 is 13.5 Å². The second kappa shape index (κ2) is 3.81. The molecule has 0 fully saturated rings. The number of halogens is 2. The van der Waals surface area contributed by atoms with Crippen molar-refractivity contribution in [3.63, 3.8) is 0 Å². The average molecular weight is 209 g/mol. The second-order valence-corrected chi connectivity index (χ2v) is 3.19. The van der Waals surface area contributed by atoms with E-state index in [9.17, 15) is 8.78 Å². The Labute approximate surface area is 85.5 Å². The first-order chi connectivity index (χ1) is 7.15. The minimum absolute atomic E-state index is 0.135. The van der Waals surface area contributed by atoms with Crippen molar-refractivity contribution in [3.8, 4) is 5.75 Å². The summed E-state index contributed by atoms with van der Waals surface area (Å²) in [5.74, 6) is 0.135. The Morgan fingerprint density at radius 3 is 2.67 bits per heavy atom. The molecule has 78 valence electrons. The molecule has 0 aliphatic heterocycles. The van der Waals surface area contributed by atoms with Crippen molar-refractivity contribution in [3.05, 3.63) is 36.0 Å². The fraction of sp³-hybridized carbons (Fsp3) is 0.182. The molecule has 2 nitrogen and oxygen atoms in total. The molecular formula is C11H9F2NO. The molecule has 2 aromatic rings. The Bertz CT molecular complexity index is 485. The number of aryl methyl sites for hydroxylation is 1. The van der Waals surface area contributed by atoms with Crippen molar-refractivity contribution in [2.45, 2.75) is 13.5 Å². The summed E-state index contributed by atoms with van der Waals surface area (Å²) in [6.07, 6.45) is 0. The summed E-state index contributed by atoms with van der Waals surface area (Å²) >= 11 is 0. The Kier molecular flexibility index (Phi) is 2.49. The minimum atomic E-state index is -2.80. The number of benzene rings is 1. The molecule has 2 rings (SSSR count). The van der Waals surface area contributed by atoms with E-state index in [-0.39, 0.29) is 5.75 Å². The molecule has 0 aliphatic rings. The van der Waals surface area contributed by atoms with Crippen molar-refractivity contribution >= 4 is 10.9 Å². The van der Waals surface area contributed by atoms with Gasteiger partial charge >= 0.3 is 6.61 Å². The lowest BCUT2D eigenvalue weighted by Crippen LogP contribution is -2.01. The van der Waals surface area contributed by atoms with Crippen LogP contribution in [0.15, 0.2) is 30.3 Å². The van der Waals surface area contributed by atoms with E-state index in [1.165, 1.54) is 12.1 Å². The van der Waals surface area contributed by atoms with Crippen LogP contribution in [0.1, 0.15) is 5.69 Å². The third-order valence-electron chi connectivity index (χ3n) is 2.03. The van der Waals surface area contributed by atoms with Crippen LogP contribution in [0.3, 0.4) is 0 Å². The number of nitrogens with zero attached hydrogens (tertiary/aromatic N) is 1. The molecule has 0 N–H and O–H groups in total. The monoisotopic (exact) mass is 209 g/mol. The summed E-state index contributed by atoms with van der Waals surface area (Å²) in [5, 5.41) is 0.905. The molecule has 1 heterocycles. The average Bonchev–Trinajstić information content (AvgIpc) is 2.16. The van der Waals surface area contributed by atoms with Gasteiger partial charge < -0.3 is 4.74 Å². The number of pyridine rings is 1. The van der Waals surface area contributed by atoms with Crippen molar-refractivity contribution in [2.24, 2.45) is 0 Å². The van der Waals surface area contributed by atoms with Crippen LogP contribution in [0.4, 0.5) is 8.78 Å². The lowest BCUT2D eigenvalue weighted by Gasteiger charge is -2.05. The van der Waals surface area contributed by atoms with E-state index in [1.807, 2.05) is 19.1 Å². The van der Waals surface area contributed by atoms with Gasteiger partial charge in [-0.1, -0.05) is 6.07 Å². The van der Waals surface area contributed by atoms with Gasteiger partial charge in [-0.25, -0.2) is 0 Å². The first-order valence-corrected chi connectivity index (χ1v) is 4.47. The fourth-order valence-electron chi connectivity index (χ4n) is 1.38. The van der Waals surface area contributed by atoms with Crippen LogP contribution >= 0.6 is 0 Å². The van der Waals surface area contributed by atoms with E-state index in [0.29, 0.717) is 5.52 Å². The number of ether oxygens (including phenoxy) is 1. The van der Waals surface area contributed by atoms with Crippen molar-refractivity contribution in [1.29, 1.82) is 0 Å². The Balaban J connectivity index is 2.45. The van der Waals surface area contributed by atoms with Gasteiger partial charge in [0.05, 0.1) is 5.52 Å². The topological polar surface area (TPSA) is 22.1 Å². The number of alkyl halides is 2. The molecule has 4 heteroatoms. The van der Waals surface area contributed by atoms with Gasteiger partial charge in [0.15, 0.2) is 0 Å². The van der Waals surface area contributed by atoms with E-state index < -0.39 is 6.61 Å². The van der Waals surface area contributed by atoms with Crippen LogP contribution in [0.25, 0.3) is 10.9 Å². The van der Waals surface area contributed by atoms with E-state index in [4.69, 9.17) is 0 Å². The molecule has 0 atom stereocenters. The molecule has 1 aromatic heterocycles. The molecule has 0 radical (unpaired) electrons. The summed E-state index contributed by atoms with van der Waals surface area (Å²) in [5.41, 5.74) is 1.50. The predicted molar refractivity (Wildman–Crippen MR) is 53.1 cm³/mol. The van der Waals surface area contributed by atoms with Gasteiger partial charge in [0.2, 0.25) is 0 Å². The van der Waals surface area contributed by atoms with E-state index >= 15 is 0 Å². The standard InChI is InChI=1S/C11H9F2NO/c1-7-2-3-8-4-5-9(15-11(12)13)6-10(8)14-7/h2-6,11H,1H3. The Hall–Kier alpha value is -1.71. The molecule has 15 heavy (non-hydrogen) atoms. The van der Waals surface area contributed by atoms with Gasteiger partial charge in [0.25, 0.3) is 0 Å². The van der Waals surface area contributed by atoms with Crippen LogP contribution < -0.4 is 4.74 Å². The third kappa shape index (κ3) is 2.21. The van der Waals surface area contributed by atoms with Crippen LogP contribution in [-0.4, -0.2) is 11.6 Å². The lowest BCUT2D eigenvalue weighted by molar-refractivity contribution is -0.0497. The van der Waals surface area contributed by atoms with Crippen LogP contribution in [0.2, 0.25) is 0 Å². The minimum Gasteiger partial charge on any atom is -0.435 e. The molecule has 0 saturated carbocycles. The molecule has 0 unspecified atom stereocenters. The molecule has 0 spiro atoms. The molecule has 0 amide bonds. The maximum absolute atomic E-state index is 12.0. The maximum atomic E-state index is 12.0. The van der Waals surface area contributed by atoms with Crippen molar-refractivity contribution in [1.82, 2.24) is 4.98 Å². The van der Waals surface area contributed by atoms with Crippen molar-refractivity contribution in [2.75, 3.05) is 0 Å². The highest BCUT2D eigenvalue weighted by molar-refractivity contribution is 5.80. The van der Waals surface area contributed by atoms with Gasteiger partial charge in [-0.3, -0.25) is 4.98 Å². The zero-order chi connectivity index (χ0) is 10.8. The van der Waals surface area contributed by atoms with Gasteiger partial charge in [-0.15, -0.1) is 0 Å². The third-order valence-corrected chi connectivity index (χ3v) is 2.03. The lowest BCUT2D eigenvalue weighted by atomic mass is 10.2. The van der Waals surface area contributed by atoms with E-state index in [1.54, 1.807) is 6.07 Å². The summed E-state index contributed by atoms with van der Waals surface area (Å²) in [4.78, 5) is 4.22. The number of aromatic nitrogens is 1. The summed E-state index contributed by atoms with van der Waals surface area (Å²) < 4.78 is 28.2. The van der Waals surface area contributed by atoms with Gasteiger partial charge in [0, 0.05) is 17.1 Å². The van der Waals surface area contributed by atoms with E-state index in [2.05, 4.69) is 9.72 Å². The summed E-state index contributed by atoms with van der Waals surface area (Å²) in [7, 11) is 0. The van der Waals surface area contributed by atoms with Gasteiger partial charge in [0.1, 0.15) is 5.75 Å². The van der Waals surface area contributed by atoms with Crippen LogP contribution in [0.5, 0.6) is 5.75 Å². The van der Waals surface area contributed by atoms with E-state index in [0.717, 1.165) is 11.1 Å². The largest absolute Gasteiger partial charge is 0.435 e. The number of hydrogen-bond acceptors (Lipinski definition) is 2. The number of rotatable bonds is 2. The molecule has 0 bridgehead atoms. The quantitative estimate of drug-likeness (QED) is 0.758. The van der Waals surface area contributed by atoms with Gasteiger partial charge in [-0.2, -0.15) is 8.78 Å². The second-order valence-electron chi connectivity index (χ2n) is 3.19. The SMILES string of the molecule is Cc1ccc2ccc(OC(F)F)cc2n1. The predicted octanol–water partition coefficient (Wildman–Crippen LogP) is 3.14. The molecule has 1 aromatic carbocycles. The maximum Gasteiger partial charge on any atom is 0.387 e. The van der Waals surface area contributed by atoms with Gasteiger partial charge in [-0.05, 0) is 25.1 Å². The van der Waals surface area contributed by atoms with Crippen LogP contribution in [-0.2, 0) is 0 Å². The first-order valence-electron chi connectivity index (χ1n) is 4.47. The van der Waals surface area contributed by atoms with Crippen LogP contribution in [0, 0.1) is 6.92 Å². The summed E-state index contributed by atoms with van der Waals surface area (Å²) in [6, 6.07) is 8.49. The zero-order valence-electron chi connectivity index (χ0n) is 8.08. The smallest absolute Gasteiger partial charge is 0.387 e. The highest BCUT2D eigenvalue weighted by Gasteiger charge is 2.05. The summed E-state index contributed by atoms with van der Waals surface area (Å²) in [6.45, 7) is -0.952. The Morgan fingerprint density at radius 2 is 1.93 bits per heavy atom. The number of hydrogen-bond donors (Lipinski definition) is 0. The fourth-order valence-corrected chi connectivity index (χ4v) is 1.38. The molecule has 0 saturated heterocycles.